The highest BCUT2D eigenvalue weighted by molar-refractivity contribution is 7.89. The van der Waals surface area contributed by atoms with Gasteiger partial charge in [-0.2, -0.15) is 0 Å². The molecule has 0 aliphatic rings. The molecule has 2 aromatic carbocycles. The van der Waals surface area contributed by atoms with E-state index in [1.54, 1.807) is 31.2 Å². The molecular formula is C17H18N2O4S. The Balaban J connectivity index is 1.72. The molecule has 0 spiro atoms. The minimum absolute atomic E-state index is 0.267. The van der Waals surface area contributed by atoms with E-state index in [2.05, 4.69) is 9.71 Å². The molecule has 1 aromatic heterocycles. The van der Waals surface area contributed by atoms with Crippen molar-refractivity contribution in [2.75, 3.05) is 6.54 Å². The fourth-order valence-electron chi connectivity index (χ4n) is 2.56. The molecule has 7 heteroatoms. The molecule has 0 fully saturated rings. The standard InChI is InChI=1S/C17H18N2O4S/c1-11-3-4-12(2)16(9-11)24(21,22)18-8-7-13-5-6-15-14(10-13)19-17(20)23-15/h3-6,9-10,18H,7-8H2,1-2H3,(H,19,20). The Kier molecular flexibility index (Phi) is 4.29. The molecule has 3 rings (SSSR count). The average molecular weight is 346 g/mol. The quantitative estimate of drug-likeness (QED) is 0.741. The Morgan fingerprint density at radius 2 is 1.92 bits per heavy atom. The van der Waals surface area contributed by atoms with Gasteiger partial charge in [-0.05, 0) is 55.2 Å². The van der Waals surface area contributed by atoms with Crippen LogP contribution in [0.25, 0.3) is 11.1 Å². The molecule has 0 aliphatic carbocycles. The van der Waals surface area contributed by atoms with Crippen LogP contribution in [0, 0.1) is 13.8 Å². The van der Waals surface area contributed by atoms with Gasteiger partial charge in [-0.3, -0.25) is 4.98 Å². The Morgan fingerprint density at radius 3 is 2.71 bits per heavy atom. The Labute approximate surface area is 139 Å². The highest BCUT2D eigenvalue weighted by atomic mass is 32.2. The van der Waals surface area contributed by atoms with Crippen molar-refractivity contribution in [1.82, 2.24) is 9.71 Å². The molecule has 0 amide bonds. The molecular weight excluding hydrogens is 328 g/mol. The van der Waals surface area contributed by atoms with Crippen LogP contribution in [0.2, 0.25) is 0 Å². The molecule has 1 heterocycles. The average Bonchev–Trinajstić information content (AvgIpc) is 2.88. The molecule has 2 N–H and O–H groups in total. The summed E-state index contributed by atoms with van der Waals surface area (Å²) in [5.74, 6) is -0.502. The van der Waals surface area contributed by atoms with Crippen LogP contribution in [0.15, 0.2) is 50.5 Å². The molecule has 0 radical (unpaired) electrons. The van der Waals surface area contributed by atoms with Crippen LogP contribution in [0.4, 0.5) is 0 Å². The lowest BCUT2D eigenvalue weighted by Crippen LogP contribution is -2.26. The Morgan fingerprint density at radius 1 is 1.12 bits per heavy atom. The van der Waals surface area contributed by atoms with Crippen molar-refractivity contribution in [1.29, 1.82) is 0 Å². The number of nitrogens with one attached hydrogen (secondary N) is 2. The number of aryl methyl sites for hydroxylation is 2. The molecule has 6 nitrogen and oxygen atoms in total. The van der Waals surface area contributed by atoms with Crippen molar-refractivity contribution < 1.29 is 12.8 Å². The maximum absolute atomic E-state index is 12.4. The lowest BCUT2D eigenvalue weighted by molar-refractivity contribution is 0.555. The molecule has 0 bridgehead atoms. The first-order valence-electron chi connectivity index (χ1n) is 7.54. The van der Waals surface area contributed by atoms with Gasteiger partial charge in [0.2, 0.25) is 10.0 Å². The smallest absolute Gasteiger partial charge is 0.408 e. The molecule has 0 saturated heterocycles. The van der Waals surface area contributed by atoms with Gasteiger partial charge in [-0.15, -0.1) is 0 Å². The minimum atomic E-state index is -3.55. The van der Waals surface area contributed by atoms with Crippen molar-refractivity contribution in [2.24, 2.45) is 0 Å². The summed E-state index contributed by atoms with van der Waals surface area (Å²) in [5.41, 5.74) is 3.61. The summed E-state index contributed by atoms with van der Waals surface area (Å²) in [7, 11) is -3.55. The molecule has 126 valence electrons. The summed E-state index contributed by atoms with van der Waals surface area (Å²) in [6.07, 6.45) is 0.507. The highest BCUT2D eigenvalue weighted by Gasteiger charge is 2.16. The van der Waals surface area contributed by atoms with Gasteiger partial charge in [0.25, 0.3) is 0 Å². The van der Waals surface area contributed by atoms with Gasteiger partial charge in [0.1, 0.15) is 0 Å². The zero-order valence-electron chi connectivity index (χ0n) is 13.4. The maximum Gasteiger partial charge on any atom is 0.417 e. The van der Waals surface area contributed by atoms with Crippen molar-refractivity contribution in [3.63, 3.8) is 0 Å². The normalized spacial score (nSPS) is 11.9. The molecule has 0 aliphatic heterocycles. The molecule has 0 unspecified atom stereocenters. The van der Waals surface area contributed by atoms with E-state index >= 15 is 0 Å². The van der Waals surface area contributed by atoms with Crippen LogP contribution in [0.5, 0.6) is 0 Å². The van der Waals surface area contributed by atoms with Gasteiger partial charge >= 0.3 is 5.76 Å². The number of hydrogen-bond acceptors (Lipinski definition) is 4. The van der Waals surface area contributed by atoms with Gasteiger partial charge < -0.3 is 4.42 Å². The fraction of sp³-hybridized carbons (Fsp3) is 0.235. The van der Waals surface area contributed by atoms with Crippen LogP contribution in [0.1, 0.15) is 16.7 Å². The van der Waals surface area contributed by atoms with Crippen LogP contribution < -0.4 is 10.5 Å². The zero-order valence-corrected chi connectivity index (χ0v) is 14.2. The predicted octanol–water partition coefficient (Wildman–Crippen LogP) is 2.26. The minimum Gasteiger partial charge on any atom is -0.408 e. The first-order valence-corrected chi connectivity index (χ1v) is 9.02. The fourth-order valence-corrected chi connectivity index (χ4v) is 3.92. The Bertz CT molecular complexity index is 1050. The van der Waals surface area contributed by atoms with E-state index in [0.717, 1.165) is 11.1 Å². The Hall–Kier alpha value is -2.38. The second-order valence-corrected chi connectivity index (χ2v) is 7.50. The van der Waals surface area contributed by atoms with E-state index in [0.29, 0.717) is 28.0 Å². The summed E-state index contributed by atoms with van der Waals surface area (Å²) in [6.45, 7) is 3.90. The molecule has 3 aromatic rings. The zero-order chi connectivity index (χ0) is 17.3. The summed E-state index contributed by atoms with van der Waals surface area (Å²) in [5, 5.41) is 0. The van der Waals surface area contributed by atoms with Gasteiger partial charge in [0.05, 0.1) is 10.4 Å². The van der Waals surface area contributed by atoms with Crippen molar-refractivity contribution in [3.05, 3.63) is 63.6 Å². The number of H-pyrrole nitrogens is 1. The predicted molar refractivity (Wildman–Crippen MR) is 91.6 cm³/mol. The van der Waals surface area contributed by atoms with Crippen LogP contribution >= 0.6 is 0 Å². The number of aromatic amines is 1. The SMILES string of the molecule is Cc1ccc(C)c(S(=O)(=O)NCCc2ccc3oc(=O)[nH]c3c2)c1. The monoisotopic (exact) mass is 346 g/mol. The van der Waals surface area contributed by atoms with Gasteiger partial charge in [0.15, 0.2) is 5.58 Å². The van der Waals surface area contributed by atoms with Crippen molar-refractivity contribution >= 4 is 21.1 Å². The van der Waals surface area contributed by atoms with Crippen LogP contribution in [-0.2, 0) is 16.4 Å². The molecule has 0 atom stereocenters. The van der Waals surface area contributed by atoms with E-state index < -0.39 is 15.8 Å². The number of fused-ring (bicyclic) bond motifs is 1. The van der Waals surface area contributed by atoms with E-state index in [9.17, 15) is 13.2 Å². The first-order chi connectivity index (χ1) is 11.3. The number of hydrogen-bond donors (Lipinski definition) is 2. The second kappa shape index (κ2) is 6.26. The third kappa shape index (κ3) is 3.42. The van der Waals surface area contributed by atoms with E-state index in [4.69, 9.17) is 4.42 Å². The number of benzene rings is 2. The third-order valence-corrected chi connectivity index (χ3v) is 5.43. The summed E-state index contributed by atoms with van der Waals surface area (Å²) < 4.78 is 32.4. The second-order valence-electron chi connectivity index (χ2n) is 5.76. The van der Waals surface area contributed by atoms with Crippen LogP contribution in [-0.4, -0.2) is 19.9 Å². The lowest BCUT2D eigenvalue weighted by Gasteiger charge is -2.10. The van der Waals surface area contributed by atoms with E-state index in [1.807, 2.05) is 19.1 Å². The number of rotatable bonds is 5. The summed E-state index contributed by atoms with van der Waals surface area (Å²) >= 11 is 0. The number of sulfonamides is 1. The number of aromatic nitrogens is 1. The van der Waals surface area contributed by atoms with E-state index in [1.165, 1.54) is 0 Å². The first kappa shape index (κ1) is 16.5. The lowest BCUT2D eigenvalue weighted by atomic mass is 10.1. The summed E-state index contributed by atoms with van der Waals surface area (Å²) in [6, 6.07) is 10.6. The number of oxazole rings is 1. The van der Waals surface area contributed by atoms with Gasteiger partial charge in [-0.25, -0.2) is 17.9 Å². The van der Waals surface area contributed by atoms with Gasteiger partial charge in [0, 0.05) is 6.54 Å². The van der Waals surface area contributed by atoms with E-state index in [-0.39, 0.29) is 6.54 Å². The van der Waals surface area contributed by atoms with Gasteiger partial charge in [-0.1, -0.05) is 18.2 Å². The maximum atomic E-state index is 12.4. The third-order valence-electron chi connectivity index (χ3n) is 3.82. The van der Waals surface area contributed by atoms with Crippen LogP contribution in [0.3, 0.4) is 0 Å². The van der Waals surface area contributed by atoms with Crippen molar-refractivity contribution in [2.45, 2.75) is 25.2 Å². The molecule has 24 heavy (non-hydrogen) atoms. The van der Waals surface area contributed by atoms with Crippen molar-refractivity contribution in [3.8, 4) is 0 Å². The topological polar surface area (TPSA) is 92.2 Å². The largest absolute Gasteiger partial charge is 0.417 e. The molecule has 0 saturated carbocycles. The highest BCUT2D eigenvalue weighted by Crippen LogP contribution is 2.17. The summed E-state index contributed by atoms with van der Waals surface area (Å²) in [4.78, 5) is 14.0.